The van der Waals surface area contributed by atoms with Crippen molar-refractivity contribution in [1.82, 2.24) is 10.3 Å². The molecule has 0 saturated heterocycles. The van der Waals surface area contributed by atoms with E-state index in [9.17, 15) is 4.79 Å². The fourth-order valence-corrected chi connectivity index (χ4v) is 3.30. The van der Waals surface area contributed by atoms with Gasteiger partial charge in [-0.2, -0.15) is 0 Å². The Morgan fingerprint density at radius 2 is 2.04 bits per heavy atom. The Hall–Kier alpha value is -2.40. The number of amides is 1. The smallest absolute Gasteiger partial charge is 0.252 e. The first-order valence-corrected chi connectivity index (χ1v) is 8.46. The average Bonchev–Trinajstić information content (AvgIpc) is 2.98. The highest BCUT2D eigenvalue weighted by Crippen LogP contribution is 2.22. The summed E-state index contributed by atoms with van der Waals surface area (Å²) in [6.07, 6.45) is 0. The SMILES string of the molecule is CCNC(=O)c1cc(NCc2ccc(C)s2)nc2ccccc12. The van der Waals surface area contributed by atoms with E-state index in [2.05, 4.69) is 34.7 Å². The van der Waals surface area contributed by atoms with Crippen molar-refractivity contribution < 1.29 is 4.79 Å². The van der Waals surface area contributed by atoms with Crippen molar-refractivity contribution in [3.63, 3.8) is 0 Å². The molecule has 1 aromatic carbocycles. The van der Waals surface area contributed by atoms with Crippen molar-refractivity contribution >= 4 is 34.0 Å². The van der Waals surface area contributed by atoms with Crippen molar-refractivity contribution in [2.24, 2.45) is 0 Å². The van der Waals surface area contributed by atoms with Gasteiger partial charge >= 0.3 is 0 Å². The third kappa shape index (κ3) is 3.51. The molecule has 4 nitrogen and oxygen atoms in total. The molecular formula is C18H19N3OS. The second-order valence-electron chi connectivity index (χ2n) is 5.30. The zero-order valence-electron chi connectivity index (χ0n) is 13.2. The van der Waals surface area contributed by atoms with Gasteiger partial charge < -0.3 is 10.6 Å². The number of benzene rings is 1. The number of para-hydroxylation sites is 1. The molecule has 0 aliphatic rings. The number of hydrogen-bond donors (Lipinski definition) is 2. The number of fused-ring (bicyclic) bond motifs is 1. The minimum atomic E-state index is -0.0684. The average molecular weight is 325 g/mol. The largest absolute Gasteiger partial charge is 0.365 e. The van der Waals surface area contributed by atoms with Crippen LogP contribution in [0.3, 0.4) is 0 Å². The highest BCUT2D eigenvalue weighted by Gasteiger charge is 2.12. The van der Waals surface area contributed by atoms with Crippen LogP contribution in [-0.2, 0) is 6.54 Å². The molecule has 5 heteroatoms. The van der Waals surface area contributed by atoms with Gasteiger partial charge in [-0.25, -0.2) is 4.98 Å². The van der Waals surface area contributed by atoms with E-state index in [1.165, 1.54) is 9.75 Å². The molecule has 0 fully saturated rings. The van der Waals surface area contributed by atoms with Crippen LogP contribution in [0.15, 0.2) is 42.5 Å². The topological polar surface area (TPSA) is 54.0 Å². The first kappa shape index (κ1) is 15.5. The van der Waals surface area contributed by atoms with Crippen molar-refractivity contribution in [3.05, 3.63) is 57.8 Å². The third-order valence-electron chi connectivity index (χ3n) is 3.54. The lowest BCUT2D eigenvalue weighted by atomic mass is 10.1. The zero-order valence-corrected chi connectivity index (χ0v) is 14.0. The summed E-state index contributed by atoms with van der Waals surface area (Å²) in [5, 5.41) is 7.06. The minimum absolute atomic E-state index is 0.0684. The molecule has 0 aliphatic carbocycles. The number of nitrogens with zero attached hydrogens (tertiary/aromatic N) is 1. The van der Waals surface area contributed by atoms with E-state index in [0.717, 1.165) is 16.7 Å². The Bertz CT molecular complexity index is 841. The molecule has 1 amide bonds. The Morgan fingerprint density at radius 3 is 2.78 bits per heavy atom. The van der Waals surface area contributed by atoms with Gasteiger partial charge in [-0.15, -0.1) is 11.3 Å². The standard InChI is InChI=1S/C18H19N3OS/c1-3-19-18(22)15-10-17(20-11-13-9-8-12(2)23-13)21-16-7-5-4-6-14(15)16/h4-10H,3,11H2,1-2H3,(H,19,22)(H,20,21). The van der Waals surface area contributed by atoms with Gasteiger partial charge in [-0.3, -0.25) is 4.79 Å². The second kappa shape index (κ2) is 6.79. The number of nitrogens with one attached hydrogen (secondary N) is 2. The van der Waals surface area contributed by atoms with Crippen LogP contribution in [0.4, 0.5) is 5.82 Å². The van der Waals surface area contributed by atoms with E-state index in [1.807, 2.05) is 37.3 Å². The summed E-state index contributed by atoms with van der Waals surface area (Å²) >= 11 is 1.76. The quantitative estimate of drug-likeness (QED) is 0.746. The molecule has 0 atom stereocenters. The van der Waals surface area contributed by atoms with Gasteiger partial charge in [0.15, 0.2) is 0 Å². The summed E-state index contributed by atoms with van der Waals surface area (Å²) in [6, 6.07) is 13.8. The molecule has 0 bridgehead atoms. The van der Waals surface area contributed by atoms with Crippen molar-refractivity contribution in [2.45, 2.75) is 20.4 Å². The molecule has 2 heterocycles. The molecule has 23 heavy (non-hydrogen) atoms. The van der Waals surface area contributed by atoms with E-state index in [0.29, 0.717) is 18.7 Å². The van der Waals surface area contributed by atoms with Crippen LogP contribution in [0.1, 0.15) is 27.0 Å². The molecule has 0 spiro atoms. The number of thiophene rings is 1. The second-order valence-corrected chi connectivity index (χ2v) is 6.67. The van der Waals surface area contributed by atoms with E-state index in [4.69, 9.17) is 0 Å². The van der Waals surface area contributed by atoms with Crippen molar-refractivity contribution in [1.29, 1.82) is 0 Å². The summed E-state index contributed by atoms with van der Waals surface area (Å²) in [4.78, 5) is 19.5. The maximum absolute atomic E-state index is 12.3. The van der Waals surface area contributed by atoms with Gasteiger partial charge in [-0.05, 0) is 38.1 Å². The van der Waals surface area contributed by atoms with Crippen LogP contribution in [0.2, 0.25) is 0 Å². The van der Waals surface area contributed by atoms with E-state index in [1.54, 1.807) is 11.3 Å². The van der Waals surface area contributed by atoms with Crippen molar-refractivity contribution in [3.8, 4) is 0 Å². The first-order chi connectivity index (χ1) is 11.2. The van der Waals surface area contributed by atoms with Crippen LogP contribution >= 0.6 is 11.3 Å². The van der Waals surface area contributed by atoms with Gasteiger partial charge in [0.25, 0.3) is 5.91 Å². The number of aromatic nitrogens is 1. The van der Waals surface area contributed by atoms with Crippen LogP contribution in [0.25, 0.3) is 10.9 Å². The molecule has 0 aliphatic heterocycles. The Kier molecular flexibility index (Phi) is 4.57. The van der Waals surface area contributed by atoms with Gasteiger partial charge in [0.1, 0.15) is 5.82 Å². The number of carbonyl (C=O) groups excluding carboxylic acids is 1. The lowest BCUT2D eigenvalue weighted by Gasteiger charge is -2.10. The molecule has 3 rings (SSSR count). The summed E-state index contributed by atoms with van der Waals surface area (Å²) in [7, 11) is 0. The number of anilines is 1. The molecule has 118 valence electrons. The lowest BCUT2D eigenvalue weighted by molar-refractivity contribution is 0.0957. The zero-order chi connectivity index (χ0) is 16.2. The monoisotopic (exact) mass is 325 g/mol. The number of carbonyl (C=O) groups is 1. The normalized spacial score (nSPS) is 10.7. The van der Waals surface area contributed by atoms with E-state index >= 15 is 0 Å². The predicted octanol–water partition coefficient (Wildman–Crippen LogP) is 3.97. The maximum atomic E-state index is 12.3. The first-order valence-electron chi connectivity index (χ1n) is 7.64. The Labute approximate surface area is 139 Å². The molecule has 0 saturated carbocycles. The van der Waals surface area contributed by atoms with Crippen LogP contribution in [-0.4, -0.2) is 17.4 Å². The fourth-order valence-electron chi connectivity index (χ4n) is 2.47. The molecular weight excluding hydrogens is 306 g/mol. The molecule has 3 aromatic rings. The minimum Gasteiger partial charge on any atom is -0.365 e. The summed E-state index contributed by atoms with van der Waals surface area (Å²) in [6.45, 7) is 5.32. The predicted molar refractivity (Wildman–Crippen MR) is 96.1 cm³/mol. The Morgan fingerprint density at radius 1 is 1.22 bits per heavy atom. The summed E-state index contributed by atoms with van der Waals surface area (Å²) in [5.41, 5.74) is 1.48. The van der Waals surface area contributed by atoms with Crippen LogP contribution < -0.4 is 10.6 Å². The van der Waals surface area contributed by atoms with Gasteiger partial charge in [0.2, 0.25) is 0 Å². The van der Waals surface area contributed by atoms with Crippen LogP contribution in [0, 0.1) is 6.92 Å². The number of rotatable bonds is 5. The summed E-state index contributed by atoms with van der Waals surface area (Å²) in [5.74, 6) is 0.650. The number of hydrogen-bond acceptors (Lipinski definition) is 4. The Balaban J connectivity index is 1.92. The lowest BCUT2D eigenvalue weighted by Crippen LogP contribution is -2.23. The van der Waals surface area contributed by atoms with Crippen molar-refractivity contribution in [2.75, 3.05) is 11.9 Å². The molecule has 2 aromatic heterocycles. The molecule has 0 radical (unpaired) electrons. The fraction of sp³-hybridized carbons (Fsp3) is 0.222. The molecule has 0 unspecified atom stereocenters. The third-order valence-corrected chi connectivity index (χ3v) is 4.54. The summed E-state index contributed by atoms with van der Waals surface area (Å²) < 4.78 is 0. The highest BCUT2D eigenvalue weighted by atomic mass is 32.1. The highest BCUT2D eigenvalue weighted by molar-refractivity contribution is 7.11. The molecule has 2 N–H and O–H groups in total. The van der Waals surface area contributed by atoms with Crippen LogP contribution in [0.5, 0.6) is 0 Å². The van der Waals surface area contributed by atoms with E-state index in [-0.39, 0.29) is 5.91 Å². The van der Waals surface area contributed by atoms with Gasteiger partial charge in [0.05, 0.1) is 17.6 Å². The van der Waals surface area contributed by atoms with E-state index < -0.39 is 0 Å². The van der Waals surface area contributed by atoms with Gasteiger partial charge in [0, 0.05) is 21.7 Å². The van der Waals surface area contributed by atoms with Gasteiger partial charge in [-0.1, -0.05) is 18.2 Å². The number of pyridine rings is 1. The number of aryl methyl sites for hydroxylation is 1. The maximum Gasteiger partial charge on any atom is 0.252 e.